The van der Waals surface area contributed by atoms with Gasteiger partial charge in [-0.15, -0.1) is 0 Å². The van der Waals surface area contributed by atoms with Crippen molar-refractivity contribution in [1.29, 1.82) is 0 Å². The number of methoxy groups -OCH3 is 1. The average molecular weight is 351 g/mol. The van der Waals surface area contributed by atoms with E-state index in [-0.39, 0.29) is 0 Å². The predicted octanol–water partition coefficient (Wildman–Crippen LogP) is 2.09. The van der Waals surface area contributed by atoms with Gasteiger partial charge >= 0.3 is 0 Å². The first-order valence-corrected chi connectivity index (χ1v) is 8.94. The highest BCUT2D eigenvalue weighted by Crippen LogP contribution is 2.14. The third-order valence-corrected chi connectivity index (χ3v) is 3.78. The monoisotopic (exact) mass is 350 g/mol. The summed E-state index contributed by atoms with van der Waals surface area (Å²) in [7, 11) is 3.77. The number of benzene rings is 1. The van der Waals surface area contributed by atoms with Gasteiger partial charge in [0.05, 0.1) is 13.2 Å². The number of guanidine groups is 1. The van der Waals surface area contributed by atoms with Crippen LogP contribution in [-0.4, -0.2) is 57.9 Å². The van der Waals surface area contributed by atoms with Crippen molar-refractivity contribution in [2.45, 2.75) is 26.8 Å². The number of nitrogens with one attached hydrogen (secondary N) is 1. The first-order chi connectivity index (χ1) is 12.0. The van der Waals surface area contributed by atoms with Gasteiger partial charge in [0.1, 0.15) is 12.4 Å². The molecule has 142 valence electrons. The number of nitrogens with two attached hydrogens (primary N) is 1. The van der Waals surface area contributed by atoms with E-state index < -0.39 is 0 Å². The minimum atomic E-state index is 0.492. The van der Waals surface area contributed by atoms with E-state index in [1.807, 2.05) is 24.3 Å². The van der Waals surface area contributed by atoms with Gasteiger partial charge in [-0.1, -0.05) is 26.0 Å². The van der Waals surface area contributed by atoms with Crippen LogP contribution in [0.5, 0.6) is 5.75 Å². The number of hydrogen-bond donors (Lipinski definition) is 2. The summed E-state index contributed by atoms with van der Waals surface area (Å²) in [4.78, 5) is 6.56. The zero-order valence-electron chi connectivity index (χ0n) is 16.1. The van der Waals surface area contributed by atoms with Gasteiger partial charge in [0, 0.05) is 26.7 Å². The van der Waals surface area contributed by atoms with Crippen LogP contribution >= 0.6 is 0 Å². The standard InChI is InChI=1S/C19H34N4O2/c1-16(2)8-9-21-19(20)22-15-17-6-5-7-18(14-17)25-13-11-23(3)10-12-24-4/h5-7,14,16H,8-13,15H2,1-4H3,(H3,20,21,22). The average Bonchev–Trinajstić information content (AvgIpc) is 2.58. The van der Waals surface area contributed by atoms with Crippen LogP contribution in [0.1, 0.15) is 25.8 Å². The molecule has 0 spiro atoms. The van der Waals surface area contributed by atoms with Gasteiger partial charge in [-0.25, -0.2) is 4.99 Å². The van der Waals surface area contributed by atoms with E-state index in [9.17, 15) is 0 Å². The van der Waals surface area contributed by atoms with Gasteiger partial charge in [0.25, 0.3) is 0 Å². The third-order valence-electron chi connectivity index (χ3n) is 3.78. The summed E-state index contributed by atoms with van der Waals surface area (Å²) in [6, 6.07) is 7.99. The Morgan fingerprint density at radius 3 is 2.76 bits per heavy atom. The van der Waals surface area contributed by atoms with Gasteiger partial charge < -0.3 is 25.4 Å². The van der Waals surface area contributed by atoms with Crippen LogP contribution in [0.25, 0.3) is 0 Å². The van der Waals surface area contributed by atoms with Crippen molar-refractivity contribution < 1.29 is 9.47 Å². The lowest BCUT2D eigenvalue weighted by Gasteiger charge is -2.16. The first kappa shape index (κ1) is 21.3. The highest BCUT2D eigenvalue weighted by atomic mass is 16.5. The number of likely N-dealkylation sites (N-methyl/N-ethyl adjacent to an activating group) is 1. The number of aliphatic imine (C=N–C) groups is 1. The summed E-state index contributed by atoms with van der Waals surface area (Å²) >= 11 is 0. The normalized spacial score (nSPS) is 12.0. The molecular weight excluding hydrogens is 316 g/mol. The Morgan fingerprint density at radius 1 is 1.28 bits per heavy atom. The molecule has 0 heterocycles. The molecule has 25 heavy (non-hydrogen) atoms. The maximum absolute atomic E-state index is 5.89. The fraction of sp³-hybridized carbons (Fsp3) is 0.632. The Bertz CT molecular complexity index is 506. The summed E-state index contributed by atoms with van der Waals surface area (Å²) < 4.78 is 10.9. The molecule has 0 radical (unpaired) electrons. The van der Waals surface area contributed by atoms with E-state index in [1.54, 1.807) is 7.11 Å². The minimum absolute atomic E-state index is 0.492. The van der Waals surface area contributed by atoms with Crippen molar-refractivity contribution in [1.82, 2.24) is 10.2 Å². The van der Waals surface area contributed by atoms with Crippen molar-refractivity contribution in [2.75, 3.05) is 47.0 Å². The van der Waals surface area contributed by atoms with Crippen LogP contribution < -0.4 is 15.8 Å². The quantitative estimate of drug-likeness (QED) is 0.446. The van der Waals surface area contributed by atoms with Crippen molar-refractivity contribution in [2.24, 2.45) is 16.6 Å². The molecule has 0 aliphatic rings. The second-order valence-corrected chi connectivity index (χ2v) is 6.60. The molecule has 1 rings (SSSR count). The number of ether oxygens (including phenoxy) is 2. The minimum Gasteiger partial charge on any atom is -0.492 e. The fourth-order valence-corrected chi connectivity index (χ4v) is 2.13. The molecule has 3 N–H and O–H groups in total. The molecule has 0 aliphatic carbocycles. The van der Waals surface area contributed by atoms with Crippen LogP contribution in [0, 0.1) is 5.92 Å². The number of hydrogen-bond acceptors (Lipinski definition) is 4. The summed E-state index contributed by atoms with van der Waals surface area (Å²) in [5.41, 5.74) is 6.97. The second-order valence-electron chi connectivity index (χ2n) is 6.60. The van der Waals surface area contributed by atoms with Gasteiger partial charge in [0.15, 0.2) is 5.96 Å². The van der Waals surface area contributed by atoms with Gasteiger partial charge in [-0.3, -0.25) is 0 Å². The summed E-state index contributed by atoms with van der Waals surface area (Å²) in [6.45, 7) is 8.92. The van der Waals surface area contributed by atoms with E-state index in [0.717, 1.165) is 44.0 Å². The molecule has 0 aliphatic heterocycles. The van der Waals surface area contributed by atoms with E-state index >= 15 is 0 Å². The molecule has 1 aromatic rings. The highest BCUT2D eigenvalue weighted by molar-refractivity contribution is 5.77. The van der Waals surface area contributed by atoms with Crippen molar-refractivity contribution in [3.05, 3.63) is 29.8 Å². The molecular formula is C19H34N4O2. The summed E-state index contributed by atoms with van der Waals surface area (Å²) in [6.07, 6.45) is 1.08. The lowest BCUT2D eigenvalue weighted by atomic mass is 10.1. The summed E-state index contributed by atoms with van der Waals surface area (Å²) in [5, 5.41) is 3.14. The van der Waals surface area contributed by atoms with Crippen LogP contribution in [0.15, 0.2) is 29.3 Å². The Balaban J connectivity index is 2.36. The smallest absolute Gasteiger partial charge is 0.188 e. The van der Waals surface area contributed by atoms with Crippen molar-refractivity contribution >= 4 is 5.96 Å². The Morgan fingerprint density at radius 2 is 2.04 bits per heavy atom. The maximum atomic E-state index is 5.89. The summed E-state index contributed by atoms with van der Waals surface area (Å²) in [5.74, 6) is 2.01. The largest absolute Gasteiger partial charge is 0.492 e. The lowest BCUT2D eigenvalue weighted by Crippen LogP contribution is -2.32. The Hall–Kier alpha value is -1.79. The lowest BCUT2D eigenvalue weighted by molar-refractivity contribution is 0.150. The molecule has 0 atom stereocenters. The zero-order chi connectivity index (χ0) is 18.5. The van der Waals surface area contributed by atoms with Crippen LogP contribution in [0.4, 0.5) is 0 Å². The van der Waals surface area contributed by atoms with E-state index in [2.05, 4.69) is 36.1 Å². The molecule has 0 bridgehead atoms. The van der Waals surface area contributed by atoms with E-state index in [1.165, 1.54) is 0 Å². The Kier molecular flexibility index (Phi) is 10.7. The molecule has 0 aromatic heterocycles. The van der Waals surface area contributed by atoms with Gasteiger partial charge in [-0.05, 0) is 37.1 Å². The first-order valence-electron chi connectivity index (χ1n) is 8.94. The number of rotatable bonds is 12. The molecule has 6 nitrogen and oxygen atoms in total. The van der Waals surface area contributed by atoms with Crippen LogP contribution in [0.3, 0.4) is 0 Å². The maximum Gasteiger partial charge on any atom is 0.188 e. The molecule has 0 amide bonds. The van der Waals surface area contributed by atoms with Gasteiger partial charge in [-0.2, -0.15) is 0 Å². The van der Waals surface area contributed by atoms with Crippen molar-refractivity contribution in [3.8, 4) is 5.75 Å². The third kappa shape index (κ3) is 10.6. The topological polar surface area (TPSA) is 72.1 Å². The molecule has 1 aromatic carbocycles. The van der Waals surface area contributed by atoms with Crippen molar-refractivity contribution in [3.63, 3.8) is 0 Å². The Labute approximate surface area is 152 Å². The predicted molar refractivity (Wildman–Crippen MR) is 104 cm³/mol. The molecule has 0 saturated carbocycles. The number of nitrogens with zero attached hydrogens (tertiary/aromatic N) is 2. The molecule has 6 heteroatoms. The molecule has 0 fully saturated rings. The second kappa shape index (κ2) is 12.6. The zero-order valence-corrected chi connectivity index (χ0v) is 16.1. The molecule has 0 unspecified atom stereocenters. The van der Waals surface area contributed by atoms with Crippen LogP contribution in [0.2, 0.25) is 0 Å². The SMILES string of the molecule is COCCN(C)CCOc1cccc(CN=C(N)NCCC(C)C)c1. The highest BCUT2D eigenvalue weighted by Gasteiger charge is 2.01. The van der Waals surface area contributed by atoms with Gasteiger partial charge in [0.2, 0.25) is 0 Å². The van der Waals surface area contributed by atoms with Crippen LogP contribution in [-0.2, 0) is 11.3 Å². The van der Waals surface area contributed by atoms with E-state index in [0.29, 0.717) is 25.0 Å². The van der Waals surface area contributed by atoms with E-state index in [4.69, 9.17) is 15.2 Å². The molecule has 0 saturated heterocycles. The fourth-order valence-electron chi connectivity index (χ4n) is 2.13.